The maximum absolute atomic E-state index is 13.2. The Morgan fingerprint density at radius 1 is 0.440 bits per heavy atom. The number of allylic oxidation sites excluding steroid dienone is 6. The summed E-state index contributed by atoms with van der Waals surface area (Å²) in [6, 6.07) is 0. The fraction of sp³-hybridized carbons (Fsp3) is 0.841. The first kappa shape index (κ1) is 70.0. The van der Waals surface area contributed by atoms with Crippen LogP contribution in [0.2, 0.25) is 0 Å². The molecular formula is C63H112O12. The summed E-state index contributed by atoms with van der Waals surface area (Å²) >= 11 is 0. The Hall–Kier alpha value is -3.06. The van der Waals surface area contributed by atoms with Crippen molar-refractivity contribution >= 4 is 23.9 Å². The predicted octanol–water partition coefficient (Wildman–Crippen LogP) is 16.0. The standard InChI is InChI=1S/C63H112O12/c1-4-7-10-13-16-19-22-24-26-27-28-29-31-32-35-37-40-43-46-49-55(64)71-52-54(73-56(65)50-47-44-41-39-36-33-30-25-23-20-17-14-11-8-5-2)53-72-63-61(59(68)58(67)60(75-63)62(69)70)74-57(66)51-48-45-42-38-34-21-18-15-12-9-6-3/h16,19,24,26,28-29,54,58-61,63,67-68H,4-15,17-18,20-23,25,27,30-53H2,1-3H3,(H,69,70)/b19-16-,26-24-,29-28-. The number of carbonyl (C=O) groups excluding carboxylic acids is 3. The first-order valence-electron chi connectivity index (χ1n) is 31.0. The molecule has 0 aromatic carbocycles. The number of aliphatic carboxylic acids is 1. The third-order valence-electron chi connectivity index (χ3n) is 14.2. The van der Waals surface area contributed by atoms with Crippen LogP contribution >= 0.6 is 0 Å². The van der Waals surface area contributed by atoms with Gasteiger partial charge in [-0.1, -0.05) is 250 Å². The number of carboxylic acid groups (broad SMARTS) is 1. The van der Waals surface area contributed by atoms with Crippen LogP contribution in [0.1, 0.15) is 290 Å². The van der Waals surface area contributed by atoms with Gasteiger partial charge in [-0.2, -0.15) is 0 Å². The van der Waals surface area contributed by atoms with Crippen molar-refractivity contribution in [2.75, 3.05) is 13.2 Å². The maximum Gasteiger partial charge on any atom is 0.335 e. The number of hydrogen-bond acceptors (Lipinski definition) is 11. The first-order valence-corrected chi connectivity index (χ1v) is 31.0. The van der Waals surface area contributed by atoms with Gasteiger partial charge < -0.3 is 39.0 Å². The molecule has 1 aliphatic rings. The topological polar surface area (TPSA) is 175 Å². The van der Waals surface area contributed by atoms with E-state index >= 15 is 0 Å². The Labute approximate surface area is 457 Å². The summed E-state index contributed by atoms with van der Waals surface area (Å²) in [6.45, 7) is 5.97. The second-order valence-electron chi connectivity index (χ2n) is 21.4. The quantitative estimate of drug-likeness (QED) is 0.0228. The van der Waals surface area contributed by atoms with Crippen molar-refractivity contribution < 1.29 is 58.2 Å². The van der Waals surface area contributed by atoms with Crippen LogP contribution < -0.4 is 0 Å². The van der Waals surface area contributed by atoms with Crippen LogP contribution in [0.3, 0.4) is 0 Å². The van der Waals surface area contributed by atoms with Crippen molar-refractivity contribution in [3.63, 3.8) is 0 Å². The van der Waals surface area contributed by atoms with E-state index in [1.54, 1.807) is 0 Å². The minimum Gasteiger partial charge on any atom is -0.479 e. The van der Waals surface area contributed by atoms with E-state index in [1.807, 2.05) is 0 Å². The van der Waals surface area contributed by atoms with Crippen LogP contribution in [0.15, 0.2) is 36.5 Å². The molecule has 75 heavy (non-hydrogen) atoms. The number of ether oxygens (including phenoxy) is 5. The third kappa shape index (κ3) is 41.7. The highest BCUT2D eigenvalue weighted by Crippen LogP contribution is 2.27. The van der Waals surface area contributed by atoms with Crippen molar-refractivity contribution in [3.05, 3.63) is 36.5 Å². The Balaban J connectivity index is 2.66. The molecule has 12 nitrogen and oxygen atoms in total. The fourth-order valence-corrected chi connectivity index (χ4v) is 9.44. The van der Waals surface area contributed by atoms with E-state index in [0.717, 1.165) is 96.3 Å². The first-order chi connectivity index (χ1) is 36.6. The van der Waals surface area contributed by atoms with Gasteiger partial charge in [-0.3, -0.25) is 14.4 Å². The van der Waals surface area contributed by atoms with Crippen LogP contribution in [-0.4, -0.2) is 89.2 Å². The molecule has 1 heterocycles. The van der Waals surface area contributed by atoms with E-state index in [9.17, 15) is 34.5 Å². The van der Waals surface area contributed by atoms with Gasteiger partial charge in [-0.25, -0.2) is 4.79 Å². The fourth-order valence-electron chi connectivity index (χ4n) is 9.44. The number of carbonyl (C=O) groups is 4. The molecule has 1 fully saturated rings. The lowest BCUT2D eigenvalue weighted by atomic mass is 9.98. The summed E-state index contributed by atoms with van der Waals surface area (Å²) in [5.41, 5.74) is 0. The molecule has 1 aliphatic heterocycles. The van der Waals surface area contributed by atoms with E-state index in [2.05, 4.69) is 57.2 Å². The van der Waals surface area contributed by atoms with Crippen molar-refractivity contribution in [2.45, 2.75) is 327 Å². The van der Waals surface area contributed by atoms with Crippen LogP contribution in [0.4, 0.5) is 0 Å². The average molecular weight is 1060 g/mol. The molecule has 1 saturated heterocycles. The Morgan fingerprint density at radius 3 is 1.24 bits per heavy atom. The predicted molar refractivity (Wildman–Crippen MR) is 303 cm³/mol. The molecule has 3 N–H and O–H groups in total. The smallest absolute Gasteiger partial charge is 0.335 e. The van der Waals surface area contributed by atoms with Crippen LogP contribution in [-0.2, 0) is 42.9 Å². The van der Waals surface area contributed by atoms with Gasteiger partial charge in [0.15, 0.2) is 24.6 Å². The molecule has 1 rings (SSSR count). The molecule has 6 atom stereocenters. The minimum absolute atomic E-state index is 0.0642. The van der Waals surface area contributed by atoms with Crippen LogP contribution in [0.5, 0.6) is 0 Å². The molecular weight excluding hydrogens is 949 g/mol. The number of esters is 3. The number of carboxylic acids is 1. The largest absolute Gasteiger partial charge is 0.479 e. The van der Waals surface area contributed by atoms with Crippen LogP contribution in [0, 0.1) is 0 Å². The highest BCUT2D eigenvalue weighted by atomic mass is 16.7. The molecule has 0 aromatic heterocycles. The Kier molecular flexibility index (Phi) is 48.2. The zero-order valence-corrected chi connectivity index (χ0v) is 48.1. The molecule has 0 aromatic rings. The molecule has 0 radical (unpaired) electrons. The molecule has 0 aliphatic carbocycles. The summed E-state index contributed by atoms with van der Waals surface area (Å²) < 4.78 is 28.5. The van der Waals surface area contributed by atoms with Crippen molar-refractivity contribution in [1.82, 2.24) is 0 Å². The second-order valence-corrected chi connectivity index (χ2v) is 21.4. The van der Waals surface area contributed by atoms with Gasteiger partial charge in [-0.05, 0) is 57.8 Å². The van der Waals surface area contributed by atoms with E-state index < -0.39 is 67.3 Å². The van der Waals surface area contributed by atoms with Gasteiger partial charge in [0.1, 0.15) is 18.8 Å². The third-order valence-corrected chi connectivity index (χ3v) is 14.2. The molecule has 0 spiro atoms. The van der Waals surface area contributed by atoms with Gasteiger partial charge in [0, 0.05) is 19.3 Å². The maximum atomic E-state index is 13.2. The summed E-state index contributed by atoms with van der Waals surface area (Å²) in [5, 5.41) is 31.5. The number of aliphatic hydroxyl groups excluding tert-OH is 2. The number of aliphatic hydroxyl groups is 2. The lowest BCUT2D eigenvalue weighted by molar-refractivity contribution is -0.301. The van der Waals surface area contributed by atoms with Crippen LogP contribution in [0.25, 0.3) is 0 Å². The monoisotopic (exact) mass is 1060 g/mol. The van der Waals surface area contributed by atoms with Gasteiger partial charge in [-0.15, -0.1) is 0 Å². The summed E-state index contributed by atoms with van der Waals surface area (Å²) in [6.07, 6.45) is 48.3. The Morgan fingerprint density at radius 2 is 0.800 bits per heavy atom. The molecule has 436 valence electrons. The van der Waals surface area contributed by atoms with Gasteiger partial charge >= 0.3 is 23.9 Å². The SMILES string of the molecule is CCCCC/C=C\C/C=C\C/C=C\CCCCCCCCC(=O)OCC(COC1OC(C(=O)O)C(O)C(O)C1OC(=O)CCCCCCCCCCCCC)OC(=O)CCCCCCCCCCCCCCCCC. The Bertz CT molecular complexity index is 1450. The van der Waals surface area contributed by atoms with Crippen molar-refractivity contribution in [2.24, 2.45) is 0 Å². The average Bonchev–Trinajstić information content (AvgIpc) is 3.39. The van der Waals surface area contributed by atoms with Gasteiger partial charge in [0.25, 0.3) is 0 Å². The second kappa shape index (κ2) is 51.7. The van der Waals surface area contributed by atoms with E-state index in [4.69, 9.17) is 23.7 Å². The van der Waals surface area contributed by atoms with E-state index in [0.29, 0.717) is 19.3 Å². The lowest BCUT2D eigenvalue weighted by Gasteiger charge is -2.40. The number of hydrogen-bond donors (Lipinski definition) is 3. The summed E-state index contributed by atoms with van der Waals surface area (Å²) in [4.78, 5) is 51.1. The zero-order chi connectivity index (χ0) is 54.7. The van der Waals surface area contributed by atoms with Crippen molar-refractivity contribution in [3.8, 4) is 0 Å². The molecule has 12 heteroatoms. The summed E-state index contributed by atoms with van der Waals surface area (Å²) in [5.74, 6) is -3.11. The molecule has 0 saturated carbocycles. The normalized spacial score (nSPS) is 18.3. The van der Waals surface area contributed by atoms with E-state index in [-0.39, 0.29) is 25.9 Å². The zero-order valence-electron chi connectivity index (χ0n) is 48.1. The van der Waals surface area contributed by atoms with Crippen molar-refractivity contribution in [1.29, 1.82) is 0 Å². The highest BCUT2D eigenvalue weighted by molar-refractivity contribution is 5.74. The van der Waals surface area contributed by atoms with Gasteiger partial charge in [0.2, 0.25) is 0 Å². The lowest BCUT2D eigenvalue weighted by Crippen LogP contribution is -2.61. The molecule has 0 amide bonds. The molecule has 0 bridgehead atoms. The highest BCUT2D eigenvalue weighted by Gasteiger charge is 2.50. The van der Waals surface area contributed by atoms with E-state index in [1.165, 1.54) is 135 Å². The number of unbranched alkanes of at least 4 members (excludes halogenated alkanes) is 33. The summed E-state index contributed by atoms with van der Waals surface area (Å²) in [7, 11) is 0. The molecule has 6 unspecified atom stereocenters. The minimum atomic E-state index is -1.90. The van der Waals surface area contributed by atoms with Gasteiger partial charge in [0.05, 0.1) is 6.61 Å². The number of rotatable bonds is 53.